The van der Waals surface area contributed by atoms with Gasteiger partial charge in [-0.15, -0.1) is 0 Å². The van der Waals surface area contributed by atoms with Gasteiger partial charge in [0, 0.05) is 12.7 Å². The maximum absolute atomic E-state index is 12.5. The van der Waals surface area contributed by atoms with Crippen molar-refractivity contribution < 1.29 is 0 Å². The van der Waals surface area contributed by atoms with Crippen molar-refractivity contribution in [1.29, 1.82) is 0 Å². The lowest BCUT2D eigenvalue weighted by Gasteiger charge is -2.19. The van der Waals surface area contributed by atoms with Crippen molar-refractivity contribution in [2.24, 2.45) is 0 Å². The van der Waals surface area contributed by atoms with Gasteiger partial charge in [0.15, 0.2) is 0 Å². The van der Waals surface area contributed by atoms with Crippen LogP contribution >= 0.6 is 0 Å². The first-order valence-electron chi connectivity index (χ1n) is 8.27. The molecule has 0 amide bonds. The highest BCUT2D eigenvalue weighted by Crippen LogP contribution is 2.28. The average molecular weight is 321 g/mol. The number of hydrogen-bond donors (Lipinski definition) is 2. The molecule has 0 fully saturated rings. The van der Waals surface area contributed by atoms with E-state index in [1.54, 1.807) is 0 Å². The van der Waals surface area contributed by atoms with E-state index in [4.69, 9.17) is 0 Å². The summed E-state index contributed by atoms with van der Waals surface area (Å²) in [5, 5.41) is 3.07. The Morgan fingerprint density at radius 2 is 1.92 bits per heavy atom. The number of nitrogens with one attached hydrogen (secondary N) is 2. The molecule has 0 radical (unpaired) electrons. The van der Waals surface area contributed by atoms with Crippen molar-refractivity contribution in [2.75, 3.05) is 12.4 Å². The summed E-state index contributed by atoms with van der Waals surface area (Å²) in [5.74, 6) is 0. The third-order valence-corrected chi connectivity index (χ3v) is 4.78. The van der Waals surface area contributed by atoms with E-state index in [1.807, 2.05) is 37.4 Å². The number of aromatic amines is 1. The fourth-order valence-electron chi connectivity index (χ4n) is 3.58. The van der Waals surface area contributed by atoms with Crippen LogP contribution in [-0.2, 0) is 12.8 Å². The summed E-state index contributed by atoms with van der Waals surface area (Å²) in [7, 11) is 1.83. The lowest BCUT2D eigenvalue weighted by Crippen LogP contribution is -2.36. The Bertz CT molecular complexity index is 1050. The smallest absolute Gasteiger partial charge is 0.321 e. The Balaban J connectivity index is 2.09. The van der Waals surface area contributed by atoms with Crippen molar-refractivity contribution >= 4 is 16.7 Å². The monoisotopic (exact) mass is 321 g/mol. The van der Waals surface area contributed by atoms with E-state index >= 15 is 0 Å². The summed E-state index contributed by atoms with van der Waals surface area (Å²) in [6.45, 7) is 0. The van der Waals surface area contributed by atoms with E-state index in [2.05, 4.69) is 16.4 Å². The molecule has 0 aliphatic heterocycles. The zero-order valence-electron chi connectivity index (χ0n) is 13.6. The molecule has 1 heterocycles. The molecule has 0 saturated carbocycles. The molecule has 24 heavy (non-hydrogen) atoms. The van der Waals surface area contributed by atoms with E-state index in [0.717, 1.165) is 36.0 Å². The number of benzene rings is 2. The van der Waals surface area contributed by atoms with Gasteiger partial charge in [0.25, 0.3) is 0 Å². The van der Waals surface area contributed by atoms with Crippen LogP contribution in [0, 0.1) is 0 Å². The minimum atomic E-state index is -0.573. The number of anilines is 1. The van der Waals surface area contributed by atoms with Crippen LogP contribution < -0.4 is 16.4 Å². The second kappa shape index (κ2) is 5.67. The number of fused-ring (bicyclic) bond motifs is 3. The Hall–Kier alpha value is -2.82. The average Bonchev–Trinajstić information content (AvgIpc) is 2.63. The van der Waals surface area contributed by atoms with Gasteiger partial charge in [-0.05, 0) is 61.1 Å². The molecule has 1 aliphatic carbocycles. The molecule has 0 atom stereocenters. The summed E-state index contributed by atoms with van der Waals surface area (Å²) in [6, 6.07) is 11.6. The van der Waals surface area contributed by atoms with Crippen LogP contribution in [0.5, 0.6) is 0 Å². The topological polar surface area (TPSA) is 66.9 Å². The Morgan fingerprint density at radius 3 is 2.75 bits per heavy atom. The number of nitrogens with zero attached hydrogens (tertiary/aromatic N) is 1. The maximum atomic E-state index is 12.5. The highest BCUT2D eigenvalue weighted by atomic mass is 16.2. The first-order chi connectivity index (χ1) is 11.7. The van der Waals surface area contributed by atoms with Gasteiger partial charge in [0.05, 0.1) is 16.7 Å². The van der Waals surface area contributed by atoms with Gasteiger partial charge in [0.2, 0.25) is 0 Å². The number of hydrogen-bond acceptors (Lipinski definition) is 3. The maximum Gasteiger partial charge on any atom is 0.321 e. The van der Waals surface area contributed by atoms with Crippen molar-refractivity contribution in [3.8, 4) is 5.69 Å². The number of aromatic nitrogens is 2. The first-order valence-corrected chi connectivity index (χ1v) is 8.27. The van der Waals surface area contributed by atoms with E-state index in [-0.39, 0.29) is 0 Å². The van der Waals surface area contributed by atoms with Gasteiger partial charge in [0.1, 0.15) is 0 Å². The largest absolute Gasteiger partial charge is 0.388 e. The molecule has 0 spiro atoms. The van der Waals surface area contributed by atoms with E-state index in [1.165, 1.54) is 22.1 Å². The highest BCUT2D eigenvalue weighted by Gasteiger charge is 2.17. The molecule has 4 rings (SSSR count). The van der Waals surface area contributed by atoms with Crippen LogP contribution in [-0.4, -0.2) is 16.6 Å². The molecule has 122 valence electrons. The van der Waals surface area contributed by atoms with Gasteiger partial charge >= 0.3 is 11.1 Å². The molecule has 2 aromatic carbocycles. The molecular weight excluding hydrogens is 302 g/mol. The summed E-state index contributed by atoms with van der Waals surface area (Å²) < 4.78 is 1.52. The van der Waals surface area contributed by atoms with Crippen LogP contribution in [0.25, 0.3) is 16.7 Å². The molecule has 1 aromatic heterocycles. The standard InChI is InChI=1S/C19H19N3O2/c1-20-13-6-4-7-14(11-13)22-16-10-9-12-5-2-3-8-15(12)17(16)21-18(23)19(22)24/h4,6-7,9-11,20H,2-3,5,8H2,1H3,(H,21,23). The van der Waals surface area contributed by atoms with Crippen LogP contribution in [0.4, 0.5) is 5.69 Å². The van der Waals surface area contributed by atoms with Crippen molar-refractivity contribution in [3.05, 3.63) is 68.2 Å². The van der Waals surface area contributed by atoms with Gasteiger partial charge in [-0.3, -0.25) is 14.2 Å². The first kappa shape index (κ1) is 14.8. The third-order valence-electron chi connectivity index (χ3n) is 4.78. The Kier molecular flexibility index (Phi) is 3.49. The lowest BCUT2D eigenvalue weighted by molar-refractivity contribution is 0.688. The summed E-state index contributed by atoms with van der Waals surface area (Å²) >= 11 is 0. The number of H-pyrrole nitrogens is 1. The lowest BCUT2D eigenvalue weighted by atomic mass is 9.90. The van der Waals surface area contributed by atoms with Gasteiger partial charge in [-0.25, -0.2) is 0 Å². The fourth-order valence-corrected chi connectivity index (χ4v) is 3.58. The van der Waals surface area contributed by atoms with E-state index < -0.39 is 11.1 Å². The minimum Gasteiger partial charge on any atom is -0.388 e. The fraction of sp³-hybridized carbons (Fsp3) is 0.263. The Labute approximate surface area is 139 Å². The second-order valence-electron chi connectivity index (χ2n) is 6.20. The molecule has 0 saturated heterocycles. The predicted molar refractivity (Wildman–Crippen MR) is 96.4 cm³/mol. The Morgan fingerprint density at radius 1 is 1.08 bits per heavy atom. The summed E-state index contributed by atoms with van der Waals surface area (Å²) in [4.78, 5) is 27.6. The molecule has 5 heteroatoms. The number of rotatable bonds is 2. The minimum absolute atomic E-state index is 0.550. The van der Waals surface area contributed by atoms with Crippen molar-refractivity contribution in [3.63, 3.8) is 0 Å². The molecule has 1 aliphatic rings. The molecule has 2 N–H and O–H groups in total. The summed E-state index contributed by atoms with van der Waals surface area (Å²) in [6.07, 6.45) is 4.26. The van der Waals surface area contributed by atoms with E-state index in [0.29, 0.717) is 5.69 Å². The van der Waals surface area contributed by atoms with Crippen LogP contribution in [0.15, 0.2) is 46.0 Å². The normalized spacial score (nSPS) is 13.7. The van der Waals surface area contributed by atoms with Gasteiger partial charge in [-0.1, -0.05) is 12.1 Å². The summed E-state index contributed by atoms with van der Waals surface area (Å²) in [5.41, 5.74) is 4.47. The number of aryl methyl sites for hydroxylation is 2. The highest BCUT2D eigenvalue weighted by molar-refractivity contribution is 5.81. The molecule has 0 bridgehead atoms. The zero-order valence-corrected chi connectivity index (χ0v) is 13.6. The van der Waals surface area contributed by atoms with E-state index in [9.17, 15) is 9.59 Å². The van der Waals surface area contributed by atoms with Gasteiger partial charge in [-0.2, -0.15) is 0 Å². The predicted octanol–water partition coefficient (Wildman–Crippen LogP) is 2.60. The molecule has 5 nitrogen and oxygen atoms in total. The van der Waals surface area contributed by atoms with Crippen LogP contribution in [0.2, 0.25) is 0 Å². The quantitative estimate of drug-likeness (QED) is 0.713. The SMILES string of the molecule is CNc1cccc(-n2c(=O)c(=O)[nH]c3c4c(ccc32)CCCC4)c1. The second-order valence-corrected chi connectivity index (χ2v) is 6.20. The van der Waals surface area contributed by atoms with Crippen molar-refractivity contribution in [2.45, 2.75) is 25.7 Å². The van der Waals surface area contributed by atoms with Crippen molar-refractivity contribution in [1.82, 2.24) is 9.55 Å². The van der Waals surface area contributed by atoms with Gasteiger partial charge < -0.3 is 10.3 Å². The molecule has 0 unspecified atom stereocenters. The third kappa shape index (κ3) is 2.24. The molecular formula is C19H19N3O2. The molecule has 3 aromatic rings. The zero-order chi connectivity index (χ0) is 16.7. The van der Waals surface area contributed by atoms with Crippen LogP contribution in [0.3, 0.4) is 0 Å². The van der Waals surface area contributed by atoms with Crippen LogP contribution in [0.1, 0.15) is 24.0 Å².